The molecule has 7 heteroatoms. The Kier molecular flexibility index (Phi) is 6.46. The van der Waals surface area contributed by atoms with Crippen molar-refractivity contribution in [3.05, 3.63) is 80.2 Å². The second kappa shape index (κ2) is 8.83. The standard InChI is InChI=1S/C21H21IN4OS/c1-13-18(14(2)26(3)25-13)12-15-8-10-16(11-9-15)23-21(28)24-20(27)17-6-4-5-7-19(17)22/h4-11H,12H2,1-3H3,(H2,23,24,27,28). The summed E-state index contributed by atoms with van der Waals surface area (Å²) < 4.78 is 2.79. The number of carbonyl (C=O) groups is 1. The lowest BCUT2D eigenvalue weighted by Crippen LogP contribution is -2.34. The van der Waals surface area contributed by atoms with Crippen molar-refractivity contribution in [1.29, 1.82) is 0 Å². The van der Waals surface area contributed by atoms with Crippen LogP contribution in [-0.2, 0) is 13.5 Å². The molecule has 0 aliphatic heterocycles. The molecule has 2 N–H and O–H groups in total. The van der Waals surface area contributed by atoms with E-state index in [0.717, 1.165) is 21.4 Å². The fourth-order valence-corrected chi connectivity index (χ4v) is 3.80. The third kappa shape index (κ3) is 4.77. The monoisotopic (exact) mass is 504 g/mol. The number of nitrogens with zero attached hydrogens (tertiary/aromatic N) is 2. The predicted octanol–water partition coefficient (Wildman–Crippen LogP) is 4.36. The maximum Gasteiger partial charge on any atom is 0.258 e. The summed E-state index contributed by atoms with van der Waals surface area (Å²) in [5, 5.41) is 10.5. The number of thiocarbonyl (C=S) groups is 1. The van der Waals surface area contributed by atoms with Crippen LogP contribution in [0.3, 0.4) is 0 Å². The highest BCUT2D eigenvalue weighted by Gasteiger charge is 2.12. The topological polar surface area (TPSA) is 59.0 Å². The van der Waals surface area contributed by atoms with Gasteiger partial charge in [-0.2, -0.15) is 5.10 Å². The molecule has 1 amide bonds. The SMILES string of the molecule is Cc1nn(C)c(C)c1Cc1ccc(NC(=S)NC(=O)c2ccccc2I)cc1. The lowest BCUT2D eigenvalue weighted by Gasteiger charge is -2.11. The van der Waals surface area contributed by atoms with Crippen LogP contribution in [0.5, 0.6) is 0 Å². The molecule has 1 heterocycles. The van der Waals surface area contributed by atoms with Crippen molar-refractivity contribution in [3.8, 4) is 0 Å². The average molecular weight is 504 g/mol. The van der Waals surface area contributed by atoms with Crippen LogP contribution in [0, 0.1) is 17.4 Å². The molecule has 0 aliphatic rings. The van der Waals surface area contributed by atoms with Crippen molar-refractivity contribution < 1.29 is 4.79 Å². The first-order valence-corrected chi connectivity index (χ1v) is 10.3. The Bertz CT molecular complexity index is 1030. The second-order valence-corrected chi connectivity index (χ2v) is 8.11. The fourth-order valence-electron chi connectivity index (χ4n) is 2.96. The Morgan fingerprint density at radius 2 is 1.82 bits per heavy atom. The van der Waals surface area contributed by atoms with Gasteiger partial charge in [0.05, 0.1) is 11.3 Å². The summed E-state index contributed by atoms with van der Waals surface area (Å²) in [6, 6.07) is 15.4. The van der Waals surface area contributed by atoms with E-state index >= 15 is 0 Å². The molecule has 1 aromatic heterocycles. The van der Waals surface area contributed by atoms with Gasteiger partial charge in [0.1, 0.15) is 0 Å². The van der Waals surface area contributed by atoms with Gasteiger partial charge in [-0.05, 0) is 78.5 Å². The molecule has 0 aliphatic carbocycles. The predicted molar refractivity (Wildman–Crippen MR) is 125 cm³/mol. The first-order chi connectivity index (χ1) is 13.3. The van der Waals surface area contributed by atoms with Gasteiger partial charge in [-0.3, -0.25) is 14.8 Å². The van der Waals surface area contributed by atoms with Gasteiger partial charge in [0.15, 0.2) is 5.11 Å². The van der Waals surface area contributed by atoms with E-state index in [1.807, 2.05) is 49.0 Å². The summed E-state index contributed by atoms with van der Waals surface area (Å²) in [4.78, 5) is 12.3. The van der Waals surface area contributed by atoms with Gasteiger partial charge < -0.3 is 5.32 Å². The number of aryl methyl sites for hydroxylation is 2. The zero-order chi connectivity index (χ0) is 20.3. The summed E-state index contributed by atoms with van der Waals surface area (Å²) in [7, 11) is 1.96. The number of carbonyl (C=O) groups excluding carboxylic acids is 1. The van der Waals surface area contributed by atoms with Crippen molar-refractivity contribution >= 4 is 51.5 Å². The Morgan fingerprint density at radius 1 is 1.14 bits per heavy atom. The summed E-state index contributed by atoms with van der Waals surface area (Å²) >= 11 is 7.41. The highest BCUT2D eigenvalue weighted by atomic mass is 127. The van der Waals surface area contributed by atoms with E-state index in [0.29, 0.717) is 5.56 Å². The molecule has 0 radical (unpaired) electrons. The normalized spacial score (nSPS) is 10.6. The minimum absolute atomic E-state index is 0.221. The van der Waals surface area contributed by atoms with Crippen molar-refractivity contribution in [1.82, 2.24) is 15.1 Å². The van der Waals surface area contributed by atoms with Gasteiger partial charge in [0.2, 0.25) is 0 Å². The number of rotatable bonds is 4. The summed E-state index contributed by atoms with van der Waals surface area (Å²) in [5.74, 6) is -0.221. The summed E-state index contributed by atoms with van der Waals surface area (Å²) in [6.45, 7) is 4.12. The molecule has 5 nitrogen and oxygen atoms in total. The maximum absolute atomic E-state index is 12.3. The van der Waals surface area contributed by atoms with E-state index in [1.54, 1.807) is 6.07 Å². The van der Waals surface area contributed by atoms with Crippen molar-refractivity contribution in [2.75, 3.05) is 5.32 Å². The van der Waals surface area contributed by atoms with Gasteiger partial charge in [-0.15, -0.1) is 0 Å². The lowest BCUT2D eigenvalue weighted by molar-refractivity contribution is 0.0977. The zero-order valence-corrected chi connectivity index (χ0v) is 18.9. The highest BCUT2D eigenvalue weighted by molar-refractivity contribution is 14.1. The third-order valence-electron chi connectivity index (χ3n) is 4.60. The number of nitrogens with one attached hydrogen (secondary N) is 2. The fraction of sp³-hybridized carbons (Fsp3) is 0.190. The molecule has 0 unspecified atom stereocenters. The molecule has 0 saturated heterocycles. The zero-order valence-electron chi connectivity index (χ0n) is 15.9. The van der Waals surface area contributed by atoms with E-state index in [2.05, 4.69) is 57.4 Å². The molecular formula is C21H21IN4OS. The van der Waals surface area contributed by atoms with Crippen LogP contribution in [0.25, 0.3) is 0 Å². The molecule has 144 valence electrons. The van der Waals surface area contributed by atoms with Crippen LogP contribution in [0.15, 0.2) is 48.5 Å². The Hall–Kier alpha value is -2.26. The van der Waals surface area contributed by atoms with Crippen LogP contribution >= 0.6 is 34.8 Å². The van der Waals surface area contributed by atoms with Crippen LogP contribution < -0.4 is 10.6 Å². The van der Waals surface area contributed by atoms with Crippen molar-refractivity contribution in [2.24, 2.45) is 7.05 Å². The summed E-state index contributed by atoms with van der Waals surface area (Å²) in [6.07, 6.45) is 0.833. The van der Waals surface area contributed by atoms with E-state index in [-0.39, 0.29) is 11.0 Å². The van der Waals surface area contributed by atoms with Crippen molar-refractivity contribution in [3.63, 3.8) is 0 Å². The quantitative estimate of drug-likeness (QED) is 0.410. The number of amides is 1. The Balaban J connectivity index is 1.61. The Labute approximate surface area is 183 Å². The molecule has 3 rings (SSSR count). The largest absolute Gasteiger partial charge is 0.332 e. The molecule has 0 atom stereocenters. The van der Waals surface area contributed by atoms with Crippen LogP contribution in [0.2, 0.25) is 0 Å². The second-order valence-electron chi connectivity index (χ2n) is 6.53. The first kappa shape index (κ1) is 20.5. The minimum Gasteiger partial charge on any atom is -0.332 e. The minimum atomic E-state index is -0.221. The van der Waals surface area contributed by atoms with Crippen LogP contribution in [0.1, 0.15) is 32.9 Å². The average Bonchev–Trinajstić information content (AvgIpc) is 2.89. The van der Waals surface area contributed by atoms with E-state index in [9.17, 15) is 4.79 Å². The Morgan fingerprint density at radius 3 is 2.43 bits per heavy atom. The molecule has 0 fully saturated rings. The van der Waals surface area contributed by atoms with Gasteiger partial charge in [-0.1, -0.05) is 24.3 Å². The van der Waals surface area contributed by atoms with Gasteiger partial charge >= 0.3 is 0 Å². The third-order valence-corrected chi connectivity index (χ3v) is 5.74. The molecule has 28 heavy (non-hydrogen) atoms. The molecule has 3 aromatic rings. The molecule has 2 aromatic carbocycles. The van der Waals surface area contributed by atoms with Crippen LogP contribution in [-0.4, -0.2) is 20.8 Å². The van der Waals surface area contributed by atoms with E-state index in [4.69, 9.17) is 12.2 Å². The van der Waals surface area contributed by atoms with E-state index < -0.39 is 0 Å². The van der Waals surface area contributed by atoms with Gasteiger partial charge in [0.25, 0.3) is 5.91 Å². The van der Waals surface area contributed by atoms with Gasteiger partial charge in [-0.25, -0.2) is 0 Å². The van der Waals surface area contributed by atoms with E-state index in [1.165, 1.54) is 16.8 Å². The molecular weight excluding hydrogens is 483 g/mol. The lowest BCUT2D eigenvalue weighted by atomic mass is 10.0. The number of benzene rings is 2. The van der Waals surface area contributed by atoms with Crippen LogP contribution in [0.4, 0.5) is 5.69 Å². The summed E-state index contributed by atoms with van der Waals surface area (Å²) in [5.41, 5.74) is 6.11. The number of hydrogen-bond acceptors (Lipinski definition) is 3. The number of aromatic nitrogens is 2. The highest BCUT2D eigenvalue weighted by Crippen LogP contribution is 2.19. The smallest absolute Gasteiger partial charge is 0.258 e. The number of halogens is 1. The number of hydrogen-bond donors (Lipinski definition) is 2. The molecule has 0 saturated carbocycles. The maximum atomic E-state index is 12.3. The van der Waals surface area contributed by atoms with Crippen molar-refractivity contribution in [2.45, 2.75) is 20.3 Å². The number of anilines is 1. The first-order valence-electron chi connectivity index (χ1n) is 8.80. The molecule has 0 spiro atoms. The molecule has 0 bridgehead atoms. The van der Waals surface area contributed by atoms with Gasteiger partial charge in [0, 0.05) is 34.0 Å².